The minimum absolute atomic E-state index is 0.0938. The van der Waals surface area contributed by atoms with Crippen molar-refractivity contribution in [2.75, 3.05) is 42.1 Å². The molecular formula is C41H40ClN5O6S2. The van der Waals surface area contributed by atoms with E-state index in [4.69, 9.17) is 11.6 Å². The number of nitro benzene ring substituents is 1. The minimum Gasteiger partial charge on any atom is -0.392 e. The fourth-order valence-electron chi connectivity index (χ4n) is 7.31. The van der Waals surface area contributed by atoms with Gasteiger partial charge in [0.1, 0.15) is 5.69 Å². The van der Waals surface area contributed by atoms with Crippen LogP contribution in [-0.2, 0) is 29.6 Å². The largest absolute Gasteiger partial charge is 0.392 e. The Balaban J connectivity index is 0.973. The second-order valence-corrected chi connectivity index (χ2v) is 16.8. The predicted molar refractivity (Wildman–Crippen MR) is 217 cm³/mol. The van der Waals surface area contributed by atoms with Crippen LogP contribution in [0.15, 0.2) is 119 Å². The maximum atomic E-state index is 13.3. The first kappa shape index (κ1) is 38.4. The van der Waals surface area contributed by atoms with E-state index < -0.39 is 26.5 Å². The lowest BCUT2D eigenvalue weighted by Crippen LogP contribution is -2.54. The molecule has 2 aliphatic rings. The van der Waals surface area contributed by atoms with Crippen LogP contribution in [0, 0.1) is 10.1 Å². The van der Waals surface area contributed by atoms with Gasteiger partial charge in [0.05, 0.1) is 16.4 Å². The molecule has 0 radical (unpaired) electrons. The molecule has 0 bridgehead atoms. The summed E-state index contributed by atoms with van der Waals surface area (Å²) in [5.41, 5.74) is 6.33. The van der Waals surface area contributed by atoms with Crippen LogP contribution in [0.4, 0.5) is 17.1 Å². The minimum atomic E-state index is -4.43. The molecule has 1 amide bonds. The number of fused-ring (bicyclic) bond motifs is 3. The van der Waals surface area contributed by atoms with E-state index in [1.807, 2.05) is 54.6 Å². The molecule has 1 fully saturated rings. The van der Waals surface area contributed by atoms with Gasteiger partial charge in [-0.05, 0) is 89.2 Å². The van der Waals surface area contributed by atoms with Gasteiger partial charge in [-0.25, -0.2) is 13.1 Å². The number of aryl methyl sites for hydroxylation is 1. The Morgan fingerprint density at radius 2 is 1.71 bits per heavy atom. The number of aliphatic hydroxyl groups is 1. The highest BCUT2D eigenvalue weighted by Gasteiger charge is 2.33. The van der Waals surface area contributed by atoms with E-state index in [0.717, 1.165) is 72.4 Å². The number of rotatable bonds is 13. The number of anilines is 2. The predicted octanol–water partition coefficient (Wildman–Crippen LogP) is 7.37. The Hall–Kier alpha value is -4.92. The van der Waals surface area contributed by atoms with Gasteiger partial charge in [-0.3, -0.25) is 19.8 Å². The van der Waals surface area contributed by atoms with Gasteiger partial charge < -0.3 is 15.3 Å². The fourth-order valence-corrected chi connectivity index (χ4v) is 9.34. The van der Waals surface area contributed by atoms with Crippen LogP contribution in [0.2, 0.25) is 5.02 Å². The van der Waals surface area contributed by atoms with Crippen molar-refractivity contribution in [3.05, 3.63) is 147 Å². The molecule has 3 N–H and O–H groups in total. The highest BCUT2D eigenvalue weighted by Crippen LogP contribution is 2.35. The molecule has 1 saturated heterocycles. The quantitative estimate of drug-likeness (QED) is 0.0478. The number of hydrogen-bond acceptors (Lipinski definition) is 10. The van der Waals surface area contributed by atoms with E-state index in [9.17, 15) is 28.4 Å². The summed E-state index contributed by atoms with van der Waals surface area (Å²) in [4.78, 5) is 30.0. The molecule has 0 saturated carbocycles. The molecular weight excluding hydrogens is 758 g/mol. The van der Waals surface area contributed by atoms with Gasteiger partial charge in [0.2, 0.25) is 0 Å². The highest BCUT2D eigenvalue weighted by molar-refractivity contribution is 7.99. The summed E-state index contributed by atoms with van der Waals surface area (Å²) in [6, 6.07) is 32.9. The van der Waals surface area contributed by atoms with Crippen LogP contribution in [0.5, 0.6) is 0 Å². The molecule has 1 atom stereocenters. The number of carbonyl (C=O) groups excluding carboxylic acids is 1. The summed E-state index contributed by atoms with van der Waals surface area (Å²) >= 11 is 7.62. The molecule has 284 valence electrons. The number of aliphatic hydroxyl groups excluding tert-OH is 1. The van der Waals surface area contributed by atoms with Crippen LogP contribution in [0.3, 0.4) is 0 Å². The maximum Gasteiger partial charge on any atom is 0.293 e. The number of nitrogens with zero attached hydrogens (tertiary/aromatic N) is 3. The Bertz CT molecular complexity index is 2330. The number of piperazine rings is 1. The van der Waals surface area contributed by atoms with Gasteiger partial charge in [-0.2, -0.15) is 0 Å². The number of sulfonamides is 1. The number of nitrogens with one attached hydrogen (secondary N) is 2. The van der Waals surface area contributed by atoms with Crippen molar-refractivity contribution in [3.8, 4) is 11.1 Å². The van der Waals surface area contributed by atoms with E-state index in [-0.39, 0.29) is 22.8 Å². The summed E-state index contributed by atoms with van der Waals surface area (Å²) in [7, 11) is -4.43. The van der Waals surface area contributed by atoms with Crippen molar-refractivity contribution < 1.29 is 23.2 Å². The fraction of sp³-hybridized carbons (Fsp3) is 0.244. The standard InChI is InChI=1S/C41H40ClN5O6S2/c42-33-13-9-28(10-14-33)36-7-3-1-5-31(36)25-45-20-21-46-34(26-45)15-11-29-23-30(12-18-38(29)46)41(49)44-55(52,53)35-16-17-37(39(24-35)47(50)51)43-19-22-54-40-8-4-2-6-32(40)27-48/h1-10,12-14,16-18,23-24,34,43,48H,11,15,19-22,25-27H2,(H,44,49)/t34-/m0/s1. The molecule has 2 aliphatic heterocycles. The van der Waals surface area contributed by atoms with Crippen molar-refractivity contribution in [1.29, 1.82) is 0 Å². The Kier molecular flexibility index (Phi) is 11.7. The monoisotopic (exact) mass is 797 g/mol. The summed E-state index contributed by atoms with van der Waals surface area (Å²) in [6.45, 7) is 3.66. The SMILES string of the molecule is O=C(NS(=O)(=O)c1ccc(NCCSc2ccccc2CO)c([N+](=O)[O-])c1)c1ccc2c(c1)CC[C@H]1CN(Cc3ccccc3-c3ccc(Cl)cc3)CCN21. The van der Waals surface area contributed by atoms with Crippen LogP contribution in [-0.4, -0.2) is 67.2 Å². The Morgan fingerprint density at radius 1 is 0.945 bits per heavy atom. The van der Waals surface area contributed by atoms with Gasteiger partial charge in [0, 0.05) is 71.8 Å². The molecule has 2 heterocycles. The van der Waals surface area contributed by atoms with Gasteiger partial charge in [0.25, 0.3) is 21.6 Å². The molecule has 5 aromatic rings. The van der Waals surface area contributed by atoms with Crippen molar-refractivity contribution in [1.82, 2.24) is 9.62 Å². The molecule has 0 aromatic heterocycles. The number of hydrogen-bond donors (Lipinski definition) is 3. The first-order chi connectivity index (χ1) is 26.6. The maximum absolute atomic E-state index is 13.3. The first-order valence-electron chi connectivity index (χ1n) is 18.0. The van der Waals surface area contributed by atoms with Crippen molar-refractivity contribution in [2.24, 2.45) is 0 Å². The lowest BCUT2D eigenvalue weighted by Gasteiger charge is -2.46. The zero-order valence-corrected chi connectivity index (χ0v) is 32.2. The number of amides is 1. The zero-order valence-electron chi connectivity index (χ0n) is 29.9. The highest BCUT2D eigenvalue weighted by atomic mass is 35.5. The third kappa shape index (κ3) is 8.82. The number of benzene rings is 5. The van der Waals surface area contributed by atoms with E-state index in [1.54, 1.807) is 12.1 Å². The lowest BCUT2D eigenvalue weighted by molar-refractivity contribution is -0.384. The lowest BCUT2D eigenvalue weighted by atomic mass is 9.92. The van der Waals surface area contributed by atoms with E-state index >= 15 is 0 Å². The van der Waals surface area contributed by atoms with E-state index in [2.05, 4.69) is 44.1 Å². The molecule has 0 aliphatic carbocycles. The second-order valence-electron chi connectivity index (χ2n) is 13.5. The molecule has 0 unspecified atom stereocenters. The zero-order chi connectivity index (χ0) is 38.5. The van der Waals surface area contributed by atoms with Crippen molar-refractivity contribution >= 4 is 56.4 Å². The smallest absolute Gasteiger partial charge is 0.293 e. The Labute approximate surface area is 329 Å². The second kappa shape index (κ2) is 16.8. The van der Waals surface area contributed by atoms with Crippen LogP contribution in [0.1, 0.15) is 33.5 Å². The molecule has 7 rings (SSSR count). The summed E-state index contributed by atoms with van der Waals surface area (Å²) in [5.74, 6) is -0.262. The number of carbonyl (C=O) groups is 1. The number of halogens is 1. The number of thioether (sulfide) groups is 1. The average molecular weight is 798 g/mol. The van der Waals surface area contributed by atoms with Crippen LogP contribution in [0.25, 0.3) is 11.1 Å². The third-order valence-electron chi connectivity index (χ3n) is 10.1. The van der Waals surface area contributed by atoms with Gasteiger partial charge in [0.15, 0.2) is 0 Å². The number of nitro groups is 1. The van der Waals surface area contributed by atoms with E-state index in [0.29, 0.717) is 23.4 Å². The van der Waals surface area contributed by atoms with Gasteiger partial charge in [-0.15, -0.1) is 11.8 Å². The topological polar surface area (TPSA) is 145 Å². The third-order valence-corrected chi connectivity index (χ3v) is 12.8. The summed E-state index contributed by atoms with van der Waals surface area (Å²) in [5, 5.41) is 25.2. The molecule has 0 spiro atoms. The van der Waals surface area contributed by atoms with Gasteiger partial charge in [-0.1, -0.05) is 66.2 Å². The van der Waals surface area contributed by atoms with E-state index in [1.165, 1.54) is 35.0 Å². The molecule has 14 heteroatoms. The first-order valence-corrected chi connectivity index (χ1v) is 20.8. The van der Waals surface area contributed by atoms with Crippen LogP contribution >= 0.6 is 23.4 Å². The normalized spacial score (nSPS) is 15.5. The summed E-state index contributed by atoms with van der Waals surface area (Å²) < 4.78 is 28.7. The van der Waals surface area contributed by atoms with Crippen molar-refractivity contribution in [2.45, 2.75) is 41.8 Å². The van der Waals surface area contributed by atoms with Crippen LogP contribution < -0.4 is 14.9 Å². The van der Waals surface area contributed by atoms with Crippen molar-refractivity contribution in [3.63, 3.8) is 0 Å². The molecule has 11 nitrogen and oxygen atoms in total. The van der Waals surface area contributed by atoms with Gasteiger partial charge >= 0.3 is 0 Å². The molecule has 55 heavy (non-hydrogen) atoms. The molecule has 5 aromatic carbocycles. The Morgan fingerprint density at radius 3 is 2.49 bits per heavy atom. The summed E-state index contributed by atoms with van der Waals surface area (Å²) in [6.07, 6.45) is 1.64. The average Bonchev–Trinajstić information content (AvgIpc) is 3.19.